The van der Waals surface area contributed by atoms with Crippen LogP contribution in [0, 0.1) is 0 Å². The Morgan fingerprint density at radius 3 is 2.70 bits per heavy atom. The molecule has 2 aliphatic heterocycles. The molecule has 8 nitrogen and oxygen atoms in total. The zero-order valence-corrected chi connectivity index (χ0v) is 17.0. The van der Waals surface area contributed by atoms with Crippen molar-refractivity contribution in [3.63, 3.8) is 0 Å². The SMILES string of the molecule is O=C1C2=C(Cl)C=C(Nc3ccncn3)C(O)N2C2(CCCCC2)N1c1cccnc1. The highest BCUT2D eigenvalue weighted by molar-refractivity contribution is 6.34. The number of rotatable bonds is 3. The molecule has 1 atom stereocenters. The van der Waals surface area contributed by atoms with Gasteiger partial charge in [-0.3, -0.25) is 14.7 Å². The number of aromatic nitrogens is 3. The summed E-state index contributed by atoms with van der Waals surface area (Å²) >= 11 is 6.61. The van der Waals surface area contributed by atoms with Gasteiger partial charge < -0.3 is 15.3 Å². The van der Waals surface area contributed by atoms with E-state index in [1.54, 1.807) is 40.5 Å². The third-order valence-corrected chi connectivity index (χ3v) is 6.24. The summed E-state index contributed by atoms with van der Waals surface area (Å²) in [6.45, 7) is 0. The number of carbonyl (C=O) groups excluding carboxylic acids is 1. The summed E-state index contributed by atoms with van der Waals surface area (Å²) in [5.41, 5.74) is 0.796. The van der Waals surface area contributed by atoms with E-state index in [2.05, 4.69) is 20.3 Å². The third-order valence-electron chi connectivity index (χ3n) is 5.96. The fourth-order valence-corrected chi connectivity index (χ4v) is 5.03. The molecular formula is C21H21ClN6O2. The highest BCUT2D eigenvalue weighted by Crippen LogP contribution is 2.50. The normalized spacial score (nSPS) is 22.9. The molecule has 0 aromatic carbocycles. The number of aliphatic hydroxyl groups excluding tert-OH is 1. The number of aliphatic hydroxyl groups is 1. The number of carbonyl (C=O) groups is 1. The second kappa shape index (κ2) is 7.37. The summed E-state index contributed by atoms with van der Waals surface area (Å²) < 4.78 is 0. The van der Waals surface area contributed by atoms with E-state index in [9.17, 15) is 9.90 Å². The van der Waals surface area contributed by atoms with Crippen molar-refractivity contribution < 1.29 is 9.90 Å². The largest absolute Gasteiger partial charge is 0.368 e. The van der Waals surface area contributed by atoms with Gasteiger partial charge in [-0.2, -0.15) is 0 Å². The van der Waals surface area contributed by atoms with Gasteiger partial charge in [0.05, 0.1) is 22.6 Å². The van der Waals surface area contributed by atoms with Crippen LogP contribution in [-0.2, 0) is 4.79 Å². The molecule has 2 aromatic heterocycles. The summed E-state index contributed by atoms with van der Waals surface area (Å²) in [6, 6.07) is 5.38. The molecule has 1 amide bonds. The van der Waals surface area contributed by atoms with Crippen LogP contribution in [-0.4, -0.2) is 42.8 Å². The first-order chi connectivity index (χ1) is 14.6. The molecule has 9 heteroatoms. The molecule has 2 aromatic rings. The smallest absolute Gasteiger partial charge is 0.278 e. The molecule has 1 spiro atoms. The minimum atomic E-state index is -1.07. The Labute approximate surface area is 178 Å². The number of nitrogens with zero attached hydrogens (tertiary/aromatic N) is 5. The summed E-state index contributed by atoms with van der Waals surface area (Å²) in [7, 11) is 0. The maximum Gasteiger partial charge on any atom is 0.278 e. The lowest BCUT2D eigenvalue weighted by Gasteiger charge is -2.49. The summed E-state index contributed by atoms with van der Waals surface area (Å²) in [5.74, 6) is 0.321. The van der Waals surface area contributed by atoms with Gasteiger partial charge in [0.2, 0.25) is 0 Å². The minimum Gasteiger partial charge on any atom is -0.368 e. The number of anilines is 2. The highest BCUT2D eigenvalue weighted by atomic mass is 35.5. The Hall–Kier alpha value is -2.97. The van der Waals surface area contributed by atoms with Crippen LogP contribution in [0.4, 0.5) is 11.5 Å². The molecular weight excluding hydrogens is 404 g/mol. The lowest BCUT2D eigenvalue weighted by Crippen LogP contribution is -2.59. The van der Waals surface area contributed by atoms with E-state index in [0.29, 0.717) is 22.9 Å². The van der Waals surface area contributed by atoms with Gasteiger partial charge in [-0.1, -0.05) is 18.0 Å². The molecule has 30 heavy (non-hydrogen) atoms. The second-order valence-electron chi connectivity index (χ2n) is 7.65. The van der Waals surface area contributed by atoms with Gasteiger partial charge in [0.15, 0.2) is 6.23 Å². The zero-order valence-electron chi connectivity index (χ0n) is 16.2. The minimum absolute atomic E-state index is 0.216. The van der Waals surface area contributed by atoms with Crippen molar-refractivity contribution in [2.24, 2.45) is 0 Å². The number of amides is 1. The maximum absolute atomic E-state index is 13.6. The van der Waals surface area contributed by atoms with Crippen LogP contribution in [0.5, 0.6) is 0 Å². The topological polar surface area (TPSA) is 94.5 Å². The average Bonchev–Trinajstić information content (AvgIpc) is 3.02. The first-order valence-corrected chi connectivity index (χ1v) is 10.4. The number of pyridine rings is 1. The van der Waals surface area contributed by atoms with Gasteiger partial charge in [-0.05, 0) is 50.0 Å². The molecule has 1 unspecified atom stereocenters. The van der Waals surface area contributed by atoms with E-state index in [0.717, 1.165) is 32.1 Å². The van der Waals surface area contributed by atoms with Crippen LogP contribution in [0.3, 0.4) is 0 Å². The van der Waals surface area contributed by atoms with E-state index in [1.807, 2.05) is 12.1 Å². The number of hydrogen-bond donors (Lipinski definition) is 2. The molecule has 5 rings (SSSR count). The van der Waals surface area contributed by atoms with Gasteiger partial charge in [-0.15, -0.1) is 0 Å². The van der Waals surface area contributed by atoms with E-state index in [1.165, 1.54) is 6.33 Å². The van der Waals surface area contributed by atoms with Crippen molar-refractivity contribution in [1.29, 1.82) is 0 Å². The summed E-state index contributed by atoms with van der Waals surface area (Å²) in [5, 5.41) is 14.8. The molecule has 0 radical (unpaired) electrons. The lowest BCUT2D eigenvalue weighted by molar-refractivity contribution is -0.115. The quantitative estimate of drug-likeness (QED) is 0.782. The third kappa shape index (κ3) is 2.86. The van der Waals surface area contributed by atoms with Crippen molar-refractivity contribution in [2.75, 3.05) is 10.2 Å². The van der Waals surface area contributed by atoms with Crippen LogP contribution in [0.25, 0.3) is 0 Å². The number of halogens is 1. The fourth-order valence-electron chi connectivity index (χ4n) is 4.74. The maximum atomic E-state index is 13.6. The predicted molar refractivity (Wildman–Crippen MR) is 112 cm³/mol. The number of hydrogen-bond acceptors (Lipinski definition) is 7. The lowest BCUT2D eigenvalue weighted by atomic mass is 9.86. The number of allylic oxidation sites excluding steroid dienone is 2. The number of nitrogens with one attached hydrogen (secondary N) is 1. The molecule has 2 N–H and O–H groups in total. The van der Waals surface area contributed by atoms with E-state index in [4.69, 9.17) is 11.6 Å². The van der Waals surface area contributed by atoms with Gasteiger partial charge in [0, 0.05) is 12.4 Å². The molecule has 2 fully saturated rings. The Morgan fingerprint density at radius 2 is 2.00 bits per heavy atom. The standard InChI is InChI=1S/C21H21ClN6O2/c22-15-11-16(26-17-6-10-24-13-25-17)19(29)28-18(15)20(30)27(14-5-4-9-23-12-14)21(28)7-2-1-3-8-21/h4-6,9-13,19,29H,1-3,7-8H2,(H,24,25,26). The summed E-state index contributed by atoms with van der Waals surface area (Å²) in [6.07, 6.45) is 11.4. The van der Waals surface area contributed by atoms with Crippen LogP contribution < -0.4 is 10.2 Å². The molecule has 1 saturated carbocycles. The van der Waals surface area contributed by atoms with Gasteiger partial charge in [-0.25, -0.2) is 9.97 Å². The Balaban J connectivity index is 1.60. The first-order valence-electron chi connectivity index (χ1n) is 9.98. The summed E-state index contributed by atoms with van der Waals surface area (Å²) in [4.78, 5) is 29.4. The van der Waals surface area contributed by atoms with Crippen molar-refractivity contribution >= 4 is 29.0 Å². The van der Waals surface area contributed by atoms with Crippen LogP contribution >= 0.6 is 11.6 Å². The van der Waals surface area contributed by atoms with Crippen molar-refractivity contribution in [3.05, 3.63) is 65.6 Å². The second-order valence-corrected chi connectivity index (χ2v) is 8.06. The average molecular weight is 425 g/mol. The first kappa shape index (κ1) is 19.0. The Kier molecular flexibility index (Phi) is 4.67. The molecule has 1 aliphatic carbocycles. The Bertz CT molecular complexity index is 1020. The highest BCUT2D eigenvalue weighted by Gasteiger charge is 2.58. The van der Waals surface area contributed by atoms with Crippen LogP contribution in [0.1, 0.15) is 32.1 Å². The van der Waals surface area contributed by atoms with E-state index >= 15 is 0 Å². The number of fused-ring (bicyclic) bond motifs is 2. The van der Waals surface area contributed by atoms with Gasteiger partial charge in [0.25, 0.3) is 5.91 Å². The molecule has 4 heterocycles. The zero-order chi connectivity index (χ0) is 20.7. The van der Waals surface area contributed by atoms with Crippen molar-refractivity contribution in [2.45, 2.75) is 44.0 Å². The Morgan fingerprint density at radius 1 is 1.17 bits per heavy atom. The predicted octanol–water partition coefficient (Wildman–Crippen LogP) is 2.96. The monoisotopic (exact) mass is 424 g/mol. The van der Waals surface area contributed by atoms with Crippen molar-refractivity contribution in [1.82, 2.24) is 19.9 Å². The molecule has 154 valence electrons. The van der Waals surface area contributed by atoms with E-state index in [-0.39, 0.29) is 10.9 Å². The van der Waals surface area contributed by atoms with Crippen LogP contribution in [0.15, 0.2) is 65.6 Å². The fraction of sp³-hybridized carbons (Fsp3) is 0.333. The van der Waals surface area contributed by atoms with E-state index < -0.39 is 11.9 Å². The van der Waals surface area contributed by atoms with Crippen LogP contribution in [0.2, 0.25) is 0 Å². The molecule has 1 saturated heterocycles. The van der Waals surface area contributed by atoms with Gasteiger partial charge in [0.1, 0.15) is 23.5 Å². The molecule has 0 bridgehead atoms. The van der Waals surface area contributed by atoms with Crippen molar-refractivity contribution in [3.8, 4) is 0 Å². The van der Waals surface area contributed by atoms with Gasteiger partial charge >= 0.3 is 0 Å². The molecule has 3 aliphatic rings.